The molecule has 3 rings (SSSR count). The number of aromatic nitrogens is 1. The molecule has 1 amide bonds. The van der Waals surface area contributed by atoms with E-state index in [-0.39, 0.29) is 5.41 Å². The molecular formula is C20H31N3O. The molecule has 4 heteroatoms. The summed E-state index contributed by atoms with van der Waals surface area (Å²) < 4.78 is 0. The van der Waals surface area contributed by atoms with Gasteiger partial charge in [0.05, 0.1) is 5.41 Å². The van der Waals surface area contributed by atoms with Crippen LogP contribution in [0.4, 0.5) is 0 Å². The van der Waals surface area contributed by atoms with E-state index in [1.54, 1.807) is 0 Å². The Labute approximate surface area is 146 Å². The first-order valence-electron chi connectivity index (χ1n) is 9.51. The largest absolute Gasteiger partial charge is 0.342 e. The second-order valence-corrected chi connectivity index (χ2v) is 7.83. The topological polar surface area (TPSA) is 36.4 Å². The van der Waals surface area contributed by atoms with Crippen molar-refractivity contribution >= 4 is 5.91 Å². The third-order valence-electron chi connectivity index (χ3n) is 5.89. The number of hydrogen-bond donors (Lipinski definition) is 0. The van der Waals surface area contributed by atoms with Gasteiger partial charge >= 0.3 is 0 Å². The highest BCUT2D eigenvalue weighted by atomic mass is 16.2. The first kappa shape index (κ1) is 17.4. The van der Waals surface area contributed by atoms with Gasteiger partial charge < -0.3 is 9.80 Å². The third kappa shape index (κ3) is 3.97. The average Bonchev–Trinajstić information content (AvgIpc) is 2.62. The molecule has 2 saturated heterocycles. The van der Waals surface area contributed by atoms with Crippen molar-refractivity contribution in [3.63, 3.8) is 0 Å². The van der Waals surface area contributed by atoms with Crippen molar-refractivity contribution in [3.05, 3.63) is 30.1 Å². The van der Waals surface area contributed by atoms with Gasteiger partial charge in [0.25, 0.3) is 0 Å². The number of piperidine rings is 2. The summed E-state index contributed by atoms with van der Waals surface area (Å²) in [6, 6.07) is 4.17. The van der Waals surface area contributed by atoms with Crippen molar-refractivity contribution in [3.8, 4) is 0 Å². The van der Waals surface area contributed by atoms with Gasteiger partial charge in [-0.3, -0.25) is 9.78 Å². The molecule has 1 aromatic heterocycles. The number of carbonyl (C=O) groups is 1. The lowest BCUT2D eigenvalue weighted by atomic mass is 9.79. The number of amides is 1. The van der Waals surface area contributed by atoms with Gasteiger partial charge in [0.1, 0.15) is 0 Å². The monoisotopic (exact) mass is 329 g/mol. The SMILES string of the molecule is CCN1CCCC(C)(C(=O)N2CCC(Cc3cccnc3)CC2)C1. The molecule has 2 fully saturated rings. The van der Waals surface area contributed by atoms with Crippen LogP contribution in [0.25, 0.3) is 0 Å². The summed E-state index contributed by atoms with van der Waals surface area (Å²) in [4.78, 5) is 21.9. The van der Waals surface area contributed by atoms with Crippen molar-refractivity contribution in [2.24, 2.45) is 11.3 Å². The number of carbonyl (C=O) groups excluding carboxylic acids is 1. The van der Waals surface area contributed by atoms with Crippen LogP contribution < -0.4 is 0 Å². The molecule has 4 nitrogen and oxygen atoms in total. The number of rotatable bonds is 4. The predicted molar refractivity (Wildman–Crippen MR) is 96.7 cm³/mol. The Bertz CT molecular complexity index is 539. The summed E-state index contributed by atoms with van der Waals surface area (Å²) >= 11 is 0. The van der Waals surface area contributed by atoms with E-state index in [1.807, 2.05) is 18.5 Å². The Hall–Kier alpha value is -1.42. The maximum Gasteiger partial charge on any atom is 0.229 e. The second-order valence-electron chi connectivity index (χ2n) is 7.83. The highest BCUT2D eigenvalue weighted by molar-refractivity contribution is 5.82. The van der Waals surface area contributed by atoms with Crippen molar-refractivity contribution in [2.45, 2.75) is 46.0 Å². The molecule has 2 aliphatic heterocycles. The van der Waals surface area contributed by atoms with E-state index in [2.05, 4.69) is 34.7 Å². The van der Waals surface area contributed by atoms with E-state index in [4.69, 9.17) is 0 Å². The van der Waals surface area contributed by atoms with Crippen LogP contribution in [0.15, 0.2) is 24.5 Å². The Morgan fingerprint density at radius 1 is 1.33 bits per heavy atom. The molecular weight excluding hydrogens is 298 g/mol. The summed E-state index contributed by atoms with van der Waals surface area (Å²) in [5, 5.41) is 0. The van der Waals surface area contributed by atoms with Crippen molar-refractivity contribution < 1.29 is 4.79 Å². The molecule has 1 atom stereocenters. The number of likely N-dealkylation sites (tertiary alicyclic amines) is 2. The van der Waals surface area contributed by atoms with E-state index in [0.717, 1.165) is 64.8 Å². The zero-order chi connectivity index (χ0) is 17.0. The van der Waals surface area contributed by atoms with Gasteiger partial charge in [0.2, 0.25) is 5.91 Å². The lowest BCUT2D eigenvalue weighted by Crippen LogP contribution is -2.53. The quantitative estimate of drug-likeness (QED) is 0.852. The Kier molecular flexibility index (Phi) is 5.54. The van der Waals surface area contributed by atoms with Gasteiger partial charge in [-0.2, -0.15) is 0 Å². The van der Waals surface area contributed by atoms with Gasteiger partial charge in [-0.05, 0) is 69.7 Å². The molecule has 1 unspecified atom stereocenters. The van der Waals surface area contributed by atoms with Gasteiger partial charge in [0, 0.05) is 32.0 Å². The molecule has 0 radical (unpaired) electrons. The smallest absolute Gasteiger partial charge is 0.229 e. The highest BCUT2D eigenvalue weighted by Gasteiger charge is 2.40. The molecule has 0 spiro atoms. The van der Waals surface area contributed by atoms with Crippen molar-refractivity contribution in [2.75, 3.05) is 32.7 Å². The minimum absolute atomic E-state index is 0.176. The van der Waals surface area contributed by atoms with E-state index >= 15 is 0 Å². The number of hydrogen-bond acceptors (Lipinski definition) is 3. The van der Waals surface area contributed by atoms with E-state index < -0.39 is 0 Å². The minimum atomic E-state index is -0.176. The standard InChI is InChI=1S/C20H31N3O/c1-3-22-11-5-9-20(2,16-22)19(24)23-12-7-17(8-13-23)14-18-6-4-10-21-15-18/h4,6,10,15,17H,3,5,7-9,11-14,16H2,1-2H3. The molecule has 0 bridgehead atoms. The fourth-order valence-corrected chi connectivity index (χ4v) is 4.36. The van der Waals surface area contributed by atoms with E-state index in [1.165, 1.54) is 5.56 Å². The predicted octanol–water partition coefficient (Wildman–Crippen LogP) is 2.98. The summed E-state index contributed by atoms with van der Waals surface area (Å²) in [5.41, 5.74) is 1.14. The molecule has 2 aliphatic rings. The Balaban J connectivity index is 1.53. The highest BCUT2D eigenvalue weighted by Crippen LogP contribution is 2.33. The summed E-state index contributed by atoms with van der Waals surface area (Å²) in [5.74, 6) is 1.07. The third-order valence-corrected chi connectivity index (χ3v) is 5.89. The van der Waals surface area contributed by atoms with Crippen LogP contribution in [0.3, 0.4) is 0 Å². The van der Waals surface area contributed by atoms with Crippen LogP contribution in [0.5, 0.6) is 0 Å². The van der Waals surface area contributed by atoms with Gasteiger partial charge in [-0.1, -0.05) is 13.0 Å². The maximum absolute atomic E-state index is 13.1. The van der Waals surface area contributed by atoms with Gasteiger partial charge in [0.15, 0.2) is 0 Å². The first-order valence-corrected chi connectivity index (χ1v) is 9.51. The van der Waals surface area contributed by atoms with E-state index in [9.17, 15) is 4.79 Å². The maximum atomic E-state index is 13.1. The number of pyridine rings is 1. The fraction of sp³-hybridized carbons (Fsp3) is 0.700. The van der Waals surface area contributed by atoms with Crippen LogP contribution in [-0.4, -0.2) is 53.4 Å². The fourth-order valence-electron chi connectivity index (χ4n) is 4.36. The lowest BCUT2D eigenvalue weighted by Gasteiger charge is -2.43. The Morgan fingerprint density at radius 3 is 2.79 bits per heavy atom. The van der Waals surface area contributed by atoms with Crippen LogP contribution in [0, 0.1) is 11.3 Å². The molecule has 24 heavy (non-hydrogen) atoms. The average molecular weight is 329 g/mol. The Morgan fingerprint density at radius 2 is 2.12 bits per heavy atom. The van der Waals surface area contributed by atoms with Crippen LogP contribution in [0.1, 0.15) is 45.1 Å². The second kappa shape index (κ2) is 7.64. The summed E-state index contributed by atoms with van der Waals surface area (Å²) in [6.45, 7) is 9.34. The normalized spacial score (nSPS) is 26.5. The lowest BCUT2D eigenvalue weighted by molar-refractivity contribution is -0.145. The summed E-state index contributed by atoms with van der Waals surface area (Å²) in [7, 11) is 0. The molecule has 0 N–H and O–H groups in total. The van der Waals surface area contributed by atoms with Gasteiger partial charge in [-0.25, -0.2) is 0 Å². The molecule has 132 valence electrons. The van der Waals surface area contributed by atoms with Crippen LogP contribution in [-0.2, 0) is 11.2 Å². The van der Waals surface area contributed by atoms with Crippen LogP contribution in [0.2, 0.25) is 0 Å². The zero-order valence-corrected chi connectivity index (χ0v) is 15.2. The van der Waals surface area contributed by atoms with Crippen LogP contribution >= 0.6 is 0 Å². The molecule has 3 heterocycles. The molecule has 0 saturated carbocycles. The first-order chi connectivity index (χ1) is 11.6. The van der Waals surface area contributed by atoms with E-state index in [0.29, 0.717) is 11.8 Å². The minimum Gasteiger partial charge on any atom is -0.342 e. The number of nitrogens with zero attached hydrogens (tertiary/aromatic N) is 3. The summed E-state index contributed by atoms with van der Waals surface area (Å²) in [6.07, 6.45) is 9.32. The van der Waals surface area contributed by atoms with Crippen molar-refractivity contribution in [1.29, 1.82) is 0 Å². The molecule has 1 aromatic rings. The molecule has 0 aliphatic carbocycles. The zero-order valence-electron chi connectivity index (χ0n) is 15.2. The molecule has 0 aromatic carbocycles. The van der Waals surface area contributed by atoms with Crippen molar-refractivity contribution in [1.82, 2.24) is 14.8 Å². The van der Waals surface area contributed by atoms with Gasteiger partial charge in [-0.15, -0.1) is 0 Å².